The lowest BCUT2D eigenvalue weighted by Crippen LogP contribution is -2.40. The topological polar surface area (TPSA) is 53.0 Å². The number of piperidine rings is 1. The molecule has 1 atom stereocenters. The quantitative estimate of drug-likeness (QED) is 0.270. The second kappa shape index (κ2) is 12.7. The van der Waals surface area contributed by atoms with Gasteiger partial charge < -0.3 is 19.6 Å². The van der Waals surface area contributed by atoms with Crippen molar-refractivity contribution in [2.75, 3.05) is 38.2 Å². The normalized spacial score (nSPS) is 15.4. The Morgan fingerprint density at radius 3 is 2.46 bits per heavy atom. The molecule has 5 heteroatoms. The monoisotopic (exact) mass is 520 g/mol. The van der Waals surface area contributed by atoms with Crippen LogP contribution in [0, 0.1) is 0 Å². The first-order valence-corrected chi connectivity index (χ1v) is 13.7. The lowest BCUT2D eigenvalue weighted by atomic mass is 9.86. The van der Waals surface area contributed by atoms with Gasteiger partial charge in [-0.15, -0.1) is 0 Å². The van der Waals surface area contributed by atoms with Gasteiger partial charge in [0.2, 0.25) is 0 Å². The maximum atomic E-state index is 12.6. The zero-order valence-corrected chi connectivity index (χ0v) is 22.4. The number of β-amino-alcohol motifs (C(OH)–C–C–N with tert-alkyl or cyclic N) is 1. The van der Waals surface area contributed by atoms with E-state index < -0.39 is 6.10 Å². The number of aliphatic hydroxyl groups is 1. The number of hydrogen-bond acceptors (Lipinski definition) is 4. The standard InChI is InChI=1S/C34H36N2O3/c1-35(29-13-3-2-4-14-29)34(38)19-18-28-11-6-8-17-33(28)39-25-30(37)24-36-22-20-27(21-23-36)32-16-9-12-26-10-5-7-15-31(26)32/h2-19,27,30,37H,20-25H2,1H3. The molecule has 0 bridgehead atoms. The lowest BCUT2D eigenvalue weighted by Gasteiger charge is -2.33. The SMILES string of the molecule is CN(C(=O)C=Cc1ccccc1OCC(O)CN1CCC(c2cccc3ccccc23)CC1)c1ccccc1. The second-order valence-corrected chi connectivity index (χ2v) is 10.2. The molecule has 1 N–H and O–H groups in total. The van der Waals surface area contributed by atoms with E-state index in [1.807, 2.05) is 54.6 Å². The highest BCUT2D eigenvalue weighted by atomic mass is 16.5. The fourth-order valence-corrected chi connectivity index (χ4v) is 5.37. The van der Waals surface area contributed by atoms with Crippen molar-refractivity contribution in [1.82, 2.24) is 4.90 Å². The zero-order valence-electron chi connectivity index (χ0n) is 22.4. The highest BCUT2D eigenvalue weighted by molar-refractivity contribution is 6.03. The van der Waals surface area contributed by atoms with Crippen LogP contribution in [0.25, 0.3) is 16.8 Å². The number of benzene rings is 4. The van der Waals surface area contributed by atoms with Crippen LogP contribution in [-0.2, 0) is 4.79 Å². The summed E-state index contributed by atoms with van der Waals surface area (Å²) in [6.07, 6.45) is 4.89. The van der Waals surface area contributed by atoms with Crippen molar-refractivity contribution in [3.05, 3.63) is 114 Å². The van der Waals surface area contributed by atoms with E-state index in [-0.39, 0.29) is 12.5 Å². The van der Waals surface area contributed by atoms with Crippen molar-refractivity contribution >= 4 is 28.4 Å². The Hall–Kier alpha value is -3.93. The number of aliphatic hydroxyl groups excluding tert-OH is 1. The maximum absolute atomic E-state index is 12.6. The fraction of sp³-hybridized carbons (Fsp3) is 0.265. The highest BCUT2D eigenvalue weighted by Crippen LogP contribution is 2.33. The Morgan fingerprint density at radius 1 is 0.949 bits per heavy atom. The van der Waals surface area contributed by atoms with Gasteiger partial charge in [0, 0.05) is 30.9 Å². The third-order valence-corrected chi connectivity index (χ3v) is 7.55. The fourth-order valence-electron chi connectivity index (χ4n) is 5.37. The minimum Gasteiger partial charge on any atom is -0.490 e. The minimum atomic E-state index is -0.595. The van der Waals surface area contributed by atoms with Crippen LogP contribution in [0.15, 0.2) is 103 Å². The zero-order chi connectivity index (χ0) is 27.0. The largest absolute Gasteiger partial charge is 0.490 e. The molecule has 1 saturated heterocycles. The lowest BCUT2D eigenvalue weighted by molar-refractivity contribution is -0.113. The van der Waals surface area contributed by atoms with Crippen LogP contribution in [0.2, 0.25) is 0 Å². The molecular formula is C34H36N2O3. The summed E-state index contributed by atoms with van der Waals surface area (Å²) < 4.78 is 6.00. The summed E-state index contributed by atoms with van der Waals surface area (Å²) in [5, 5.41) is 13.4. The van der Waals surface area contributed by atoms with E-state index in [9.17, 15) is 9.90 Å². The summed E-state index contributed by atoms with van der Waals surface area (Å²) in [5.74, 6) is 1.07. The van der Waals surface area contributed by atoms with Crippen LogP contribution < -0.4 is 9.64 Å². The molecule has 0 radical (unpaired) electrons. The molecule has 0 aromatic heterocycles. The van der Waals surface area contributed by atoms with Crippen LogP contribution >= 0.6 is 0 Å². The van der Waals surface area contributed by atoms with Crippen LogP contribution in [0.3, 0.4) is 0 Å². The Labute approximate surface area is 231 Å². The van der Waals surface area contributed by atoms with Gasteiger partial charge in [-0.2, -0.15) is 0 Å². The van der Waals surface area contributed by atoms with Crippen LogP contribution in [0.4, 0.5) is 5.69 Å². The molecule has 0 spiro atoms. The number of rotatable bonds is 9. The summed E-state index contributed by atoms with van der Waals surface area (Å²) in [7, 11) is 1.76. The number of carbonyl (C=O) groups excluding carboxylic acids is 1. The van der Waals surface area contributed by atoms with Gasteiger partial charge in [-0.3, -0.25) is 4.79 Å². The molecule has 0 saturated carbocycles. The Balaban J connectivity index is 1.12. The number of hydrogen-bond donors (Lipinski definition) is 1. The molecule has 0 aliphatic carbocycles. The van der Waals surface area contributed by atoms with E-state index in [1.165, 1.54) is 16.3 Å². The Bertz CT molecular complexity index is 1410. The van der Waals surface area contributed by atoms with Gasteiger partial charge >= 0.3 is 0 Å². The molecule has 1 heterocycles. The molecule has 1 aliphatic rings. The minimum absolute atomic E-state index is 0.122. The summed E-state index contributed by atoms with van der Waals surface area (Å²) in [6, 6.07) is 32.4. The van der Waals surface area contributed by atoms with E-state index in [0.29, 0.717) is 18.2 Å². The van der Waals surface area contributed by atoms with E-state index in [4.69, 9.17) is 4.74 Å². The number of carbonyl (C=O) groups is 1. The summed E-state index contributed by atoms with van der Waals surface area (Å²) in [4.78, 5) is 16.6. The average molecular weight is 521 g/mol. The van der Waals surface area contributed by atoms with Crippen molar-refractivity contribution in [3.63, 3.8) is 0 Å². The van der Waals surface area contributed by atoms with Crippen molar-refractivity contribution < 1.29 is 14.6 Å². The van der Waals surface area contributed by atoms with E-state index >= 15 is 0 Å². The number of para-hydroxylation sites is 2. The Kier molecular flexibility index (Phi) is 8.71. The molecule has 1 aliphatic heterocycles. The third-order valence-electron chi connectivity index (χ3n) is 7.55. The summed E-state index contributed by atoms with van der Waals surface area (Å²) in [5.41, 5.74) is 3.08. The van der Waals surface area contributed by atoms with Gasteiger partial charge in [0.05, 0.1) is 0 Å². The summed E-state index contributed by atoms with van der Waals surface area (Å²) >= 11 is 0. The number of likely N-dealkylation sites (tertiary alicyclic amines) is 1. The van der Waals surface area contributed by atoms with Gasteiger partial charge in [0.1, 0.15) is 18.5 Å². The number of ether oxygens (including phenoxy) is 1. The maximum Gasteiger partial charge on any atom is 0.250 e. The third kappa shape index (κ3) is 6.75. The van der Waals surface area contributed by atoms with Crippen molar-refractivity contribution in [1.29, 1.82) is 0 Å². The van der Waals surface area contributed by atoms with E-state index in [0.717, 1.165) is 37.2 Å². The molecule has 4 aromatic rings. The first kappa shape index (κ1) is 26.7. The van der Waals surface area contributed by atoms with Gasteiger partial charge in [0.15, 0.2) is 0 Å². The molecule has 1 amide bonds. The predicted molar refractivity (Wildman–Crippen MR) is 159 cm³/mol. The van der Waals surface area contributed by atoms with Crippen LogP contribution in [0.1, 0.15) is 29.9 Å². The first-order chi connectivity index (χ1) is 19.1. The smallest absolute Gasteiger partial charge is 0.250 e. The molecule has 200 valence electrons. The number of fused-ring (bicyclic) bond motifs is 1. The van der Waals surface area contributed by atoms with Gasteiger partial charge in [-0.25, -0.2) is 0 Å². The number of likely N-dealkylation sites (N-methyl/N-ethyl adjacent to an activating group) is 1. The average Bonchev–Trinajstić information content (AvgIpc) is 2.99. The van der Waals surface area contributed by atoms with Gasteiger partial charge in [0.25, 0.3) is 5.91 Å². The van der Waals surface area contributed by atoms with Gasteiger partial charge in [-0.05, 0) is 72.5 Å². The first-order valence-electron chi connectivity index (χ1n) is 13.7. The number of nitrogens with zero attached hydrogens (tertiary/aromatic N) is 2. The second-order valence-electron chi connectivity index (χ2n) is 10.2. The van der Waals surface area contributed by atoms with E-state index in [2.05, 4.69) is 47.4 Å². The van der Waals surface area contributed by atoms with Crippen molar-refractivity contribution in [2.24, 2.45) is 0 Å². The predicted octanol–water partition coefficient (Wildman–Crippen LogP) is 6.14. The molecule has 5 rings (SSSR count). The summed E-state index contributed by atoms with van der Waals surface area (Å²) in [6.45, 7) is 2.70. The molecule has 39 heavy (non-hydrogen) atoms. The van der Waals surface area contributed by atoms with Crippen LogP contribution in [-0.4, -0.2) is 55.3 Å². The Morgan fingerprint density at radius 2 is 1.64 bits per heavy atom. The molecular weight excluding hydrogens is 484 g/mol. The number of anilines is 1. The molecule has 5 nitrogen and oxygen atoms in total. The van der Waals surface area contributed by atoms with Gasteiger partial charge in [-0.1, -0.05) is 78.9 Å². The van der Waals surface area contributed by atoms with Crippen molar-refractivity contribution in [2.45, 2.75) is 24.9 Å². The van der Waals surface area contributed by atoms with E-state index in [1.54, 1.807) is 24.1 Å². The molecule has 4 aromatic carbocycles. The molecule has 1 fully saturated rings. The molecule has 1 unspecified atom stereocenters. The highest BCUT2D eigenvalue weighted by Gasteiger charge is 2.23. The number of amides is 1. The van der Waals surface area contributed by atoms with Crippen molar-refractivity contribution in [3.8, 4) is 5.75 Å². The van der Waals surface area contributed by atoms with Crippen LogP contribution in [0.5, 0.6) is 5.75 Å².